The minimum Gasteiger partial charge on any atom is -0.465 e. The standard InChI is InChI=1S/C29H36BrFN4O7/c1-4-15(3)25(32)28(39)41-12-6-7-22(37)27(38)42-26-17(21(36)5-2)9-10-19(31)24(26)18-13-20(18)34-29(40)35-23-11-8-16(30)14-33-23/h8-11,14-15,18,20,25,27,38H,4-7,12-13,32H2,1-3H3,(H2,33,34,35,40)/t15-,18?,20?,25-,27?/m0/s1. The molecule has 2 amide bonds. The number of esters is 1. The normalized spacial score (nSPS) is 17.9. The van der Waals surface area contributed by atoms with Crippen molar-refractivity contribution in [3.63, 3.8) is 0 Å². The molecule has 42 heavy (non-hydrogen) atoms. The molecule has 1 aromatic carbocycles. The summed E-state index contributed by atoms with van der Waals surface area (Å²) in [6.07, 6.45) is 0.545. The highest BCUT2D eigenvalue weighted by molar-refractivity contribution is 9.10. The molecule has 0 bridgehead atoms. The van der Waals surface area contributed by atoms with E-state index in [4.69, 9.17) is 15.2 Å². The second-order valence-corrected chi connectivity index (χ2v) is 11.1. The van der Waals surface area contributed by atoms with Crippen LogP contribution in [0.5, 0.6) is 5.75 Å². The van der Waals surface area contributed by atoms with E-state index < -0.39 is 47.9 Å². The summed E-state index contributed by atoms with van der Waals surface area (Å²) in [5.74, 6) is -2.94. The maximum atomic E-state index is 15.1. The number of hydrogen-bond acceptors (Lipinski definition) is 9. The number of Topliss-reactive ketones (excluding diaryl/α,β-unsaturated/α-hetero) is 2. The zero-order valence-corrected chi connectivity index (χ0v) is 25.3. The van der Waals surface area contributed by atoms with E-state index in [1.807, 2.05) is 13.8 Å². The van der Waals surface area contributed by atoms with E-state index in [-0.39, 0.29) is 54.4 Å². The van der Waals surface area contributed by atoms with Gasteiger partial charge in [0.15, 0.2) is 5.78 Å². The highest BCUT2D eigenvalue weighted by atomic mass is 79.9. The van der Waals surface area contributed by atoms with Crippen LogP contribution in [-0.4, -0.2) is 58.6 Å². The minimum atomic E-state index is -2.00. The summed E-state index contributed by atoms with van der Waals surface area (Å²) in [4.78, 5) is 53.8. The molecule has 0 spiro atoms. The van der Waals surface area contributed by atoms with Crippen LogP contribution in [-0.2, 0) is 14.3 Å². The average Bonchev–Trinajstić information content (AvgIpc) is 3.72. The monoisotopic (exact) mass is 650 g/mol. The molecule has 13 heteroatoms. The first-order valence-electron chi connectivity index (χ1n) is 13.8. The van der Waals surface area contributed by atoms with Crippen LogP contribution < -0.4 is 21.1 Å². The number of rotatable bonds is 15. The van der Waals surface area contributed by atoms with Gasteiger partial charge in [0.25, 0.3) is 6.29 Å². The zero-order chi connectivity index (χ0) is 31.0. The Morgan fingerprint density at radius 2 is 1.95 bits per heavy atom. The maximum absolute atomic E-state index is 15.1. The van der Waals surface area contributed by atoms with Gasteiger partial charge in [0.1, 0.15) is 23.4 Å². The van der Waals surface area contributed by atoms with Crippen LogP contribution in [0.15, 0.2) is 34.9 Å². The summed E-state index contributed by atoms with van der Waals surface area (Å²) in [7, 11) is 0. The summed E-state index contributed by atoms with van der Waals surface area (Å²) in [5, 5.41) is 15.9. The van der Waals surface area contributed by atoms with E-state index in [0.717, 1.165) is 10.5 Å². The molecule has 0 aliphatic heterocycles. The number of carbonyl (C=O) groups is 4. The topological polar surface area (TPSA) is 170 Å². The van der Waals surface area contributed by atoms with E-state index in [9.17, 15) is 24.3 Å². The first-order valence-corrected chi connectivity index (χ1v) is 14.6. The highest BCUT2D eigenvalue weighted by Gasteiger charge is 2.44. The van der Waals surface area contributed by atoms with Crippen molar-refractivity contribution in [1.82, 2.24) is 10.3 Å². The van der Waals surface area contributed by atoms with Gasteiger partial charge in [-0.15, -0.1) is 0 Å². The number of aromatic nitrogens is 1. The van der Waals surface area contributed by atoms with Gasteiger partial charge in [-0.1, -0.05) is 27.2 Å². The summed E-state index contributed by atoms with van der Waals surface area (Å²) >= 11 is 3.26. The van der Waals surface area contributed by atoms with Crippen LogP contribution in [0.4, 0.5) is 15.0 Å². The molecular weight excluding hydrogens is 615 g/mol. The predicted molar refractivity (Wildman–Crippen MR) is 156 cm³/mol. The first-order chi connectivity index (χ1) is 20.0. The number of ketones is 2. The number of benzene rings is 1. The summed E-state index contributed by atoms with van der Waals surface area (Å²) in [5.41, 5.74) is 5.84. The number of carbonyl (C=O) groups excluding carboxylic acids is 4. The molecule has 1 aliphatic carbocycles. The number of nitrogens with one attached hydrogen (secondary N) is 2. The number of pyridine rings is 1. The van der Waals surface area contributed by atoms with Gasteiger partial charge in [-0.3, -0.25) is 19.7 Å². The number of urea groups is 1. The van der Waals surface area contributed by atoms with Gasteiger partial charge in [-0.05, 0) is 59.0 Å². The van der Waals surface area contributed by atoms with Crippen LogP contribution in [0.1, 0.15) is 74.7 Å². The van der Waals surface area contributed by atoms with E-state index in [0.29, 0.717) is 18.7 Å². The lowest BCUT2D eigenvalue weighted by molar-refractivity contribution is -0.148. The van der Waals surface area contributed by atoms with Crippen molar-refractivity contribution in [1.29, 1.82) is 0 Å². The Morgan fingerprint density at radius 3 is 2.60 bits per heavy atom. The third kappa shape index (κ3) is 8.79. The third-order valence-corrected chi connectivity index (χ3v) is 7.53. The smallest absolute Gasteiger partial charge is 0.323 e. The van der Waals surface area contributed by atoms with E-state index in [1.165, 1.54) is 12.3 Å². The molecule has 1 heterocycles. The number of amides is 2. The Labute approximate surface area is 251 Å². The second kappa shape index (κ2) is 15.2. The lowest BCUT2D eigenvalue weighted by Gasteiger charge is -2.19. The largest absolute Gasteiger partial charge is 0.465 e. The SMILES string of the molecule is CCC(=O)c1ccc(F)c(C2CC2NC(=O)Nc2ccc(Br)cn2)c1OC(O)C(=O)CCCOC(=O)[C@@H](N)[C@@H](C)CC. The van der Waals surface area contributed by atoms with E-state index in [2.05, 4.69) is 31.5 Å². The summed E-state index contributed by atoms with van der Waals surface area (Å²) in [6, 6.07) is 3.86. The van der Waals surface area contributed by atoms with Crippen LogP contribution in [0.25, 0.3) is 0 Å². The number of anilines is 1. The van der Waals surface area contributed by atoms with Gasteiger partial charge in [-0.2, -0.15) is 0 Å². The number of halogens is 2. The molecule has 228 valence electrons. The second-order valence-electron chi connectivity index (χ2n) is 10.1. The highest BCUT2D eigenvalue weighted by Crippen LogP contribution is 2.47. The summed E-state index contributed by atoms with van der Waals surface area (Å²) in [6.45, 7) is 5.27. The van der Waals surface area contributed by atoms with Gasteiger partial charge in [0, 0.05) is 41.0 Å². The van der Waals surface area contributed by atoms with Crippen LogP contribution in [0, 0.1) is 11.7 Å². The molecule has 5 atom stereocenters. The molecule has 1 aliphatic rings. The van der Waals surface area contributed by atoms with E-state index in [1.54, 1.807) is 19.1 Å². The Balaban J connectivity index is 1.65. The van der Waals surface area contributed by atoms with Crippen molar-refractivity contribution < 1.29 is 38.1 Å². The molecule has 1 fully saturated rings. The molecule has 11 nitrogen and oxygen atoms in total. The molecule has 5 N–H and O–H groups in total. The molecule has 3 rings (SSSR count). The Hall–Kier alpha value is -3.42. The van der Waals surface area contributed by atoms with Crippen molar-refractivity contribution in [3.8, 4) is 5.75 Å². The third-order valence-electron chi connectivity index (χ3n) is 7.06. The fraction of sp³-hybridized carbons (Fsp3) is 0.483. The minimum absolute atomic E-state index is 0.0128. The Morgan fingerprint density at radius 1 is 1.21 bits per heavy atom. The zero-order valence-electron chi connectivity index (χ0n) is 23.7. The number of aliphatic hydroxyl groups is 1. The fourth-order valence-corrected chi connectivity index (χ4v) is 4.44. The Kier molecular flexibility index (Phi) is 11.9. The molecule has 0 saturated heterocycles. The lowest BCUT2D eigenvalue weighted by Crippen LogP contribution is -2.38. The van der Waals surface area contributed by atoms with Gasteiger partial charge < -0.3 is 25.6 Å². The van der Waals surface area contributed by atoms with Crippen LogP contribution >= 0.6 is 15.9 Å². The van der Waals surface area contributed by atoms with Gasteiger partial charge >= 0.3 is 12.0 Å². The number of ether oxygens (including phenoxy) is 2. The van der Waals surface area contributed by atoms with Crippen molar-refractivity contribution in [2.24, 2.45) is 11.7 Å². The fourth-order valence-electron chi connectivity index (χ4n) is 4.20. The van der Waals surface area contributed by atoms with Crippen LogP contribution in [0.3, 0.4) is 0 Å². The Bertz CT molecular complexity index is 1290. The van der Waals surface area contributed by atoms with Gasteiger partial charge in [-0.25, -0.2) is 14.2 Å². The molecular formula is C29H36BrFN4O7. The van der Waals surface area contributed by atoms with Crippen molar-refractivity contribution in [2.75, 3.05) is 11.9 Å². The molecule has 3 unspecified atom stereocenters. The first kappa shape index (κ1) is 33.1. The molecule has 2 aromatic rings. The summed E-state index contributed by atoms with van der Waals surface area (Å²) < 4.78 is 26.6. The van der Waals surface area contributed by atoms with Gasteiger partial charge in [0.05, 0.1) is 12.2 Å². The number of aliphatic hydroxyl groups excluding tert-OH is 1. The van der Waals surface area contributed by atoms with Crippen molar-refractivity contribution in [3.05, 3.63) is 51.9 Å². The van der Waals surface area contributed by atoms with Crippen molar-refractivity contribution >= 4 is 45.3 Å². The average molecular weight is 652 g/mol. The molecule has 0 radical (unpaired) electrons. The quantitative estimate of drug-likeness (QED) is 0.0954. The predicted octanol–water partition coefficient (Wildman–Crippen LogP) is 4.22. The molecule has 1 aromatic heterocycles. The van der Waals surface area contributed by atoms with Gasteiger partial charge in [0.2, 0.25) is 5.78 Å². The lowest BCUT2D eigenvalue weighted by atomic mass is 9.99. The van der Waals surface area contributed by atoms with E-state index >= 15 is 4.39 Å². The van der Waals surface area contributed by atoms with Crippen LogP contribution in [0.2, 0.25) is 0 Å². The molecule has 1 saturated carbocycles. The number of nitrogens with two attached hydrogens (primary N) is 1. The number of nitrogens with zero attached hydrogens (tertiary/aromatic N) is 1. The maximum Gasteiger partial charge on any atom is 0.323 e. The number of hydrogen-bond donors (Lipinski definition) is 4. The van der Waals surface area contributed by atoms with Crippen molar-refractivity contribution in [2.45, 2.75) is 77.2 Å².